The first-order valence-electron chi connectivity index (χ1n) is 7.48. The molecular formula is C16H23ClN4O3. The van der Waals surface area contributed by atoms with Crippen LogP contribution in [0.15, 0.2) is 18.9 Å². The van der Waals surface area contributed by atoms with Gasteiger partial charge in [0.2, 0.25) is 0 Å². The van der Waals surface area contributed by atoms with Crippen molar-refractivity contribution in [2.24, 2.45) is 0 Å². The molecule has 0 aliphatic carbocycles. The van der Waals surface area contributed by atoms with E-state index in [0.717, 1.165) is 19.4 Å². The molecule has 0 aliphatic rings. The zero-order valence-corrected chi connectivity index (χ0v) is 14.8. The lowest BCUT2D eigenvalue weighted by Gasteiger charge is -2.10. The molecule has 2 rings (SSSR count). The minimum atomic E-state index is -0.498. The number of pyridine rings is 1. The third-order valence-electron chi connectivity index (χ3n) is 3.51. The van der Waals surface area contributed by atoms with Crippen LogP contribution in [0.3, 0.4) is 0 Å². The number of hydrogen-bond donors (Lipinski definition) is 1. The Balaban J connectivity index is 0.00000288. The van der Waals surface area contributed by atoms with Crippen LogP contribution in [-0.4, -0.2) is 41.1 Å². The number of nitrogens with two attached hydrogens (primary N) is 1. The minimum absolute atomic E-state index is 0. The van der Waals surface area contributed by atoms with Crippen LogP contribution >= 0.6 is 12.4 Å². The third-order valence-corrected chi connectivity index (χ3v) is 3.51. The highest BCUT2D eigenvalue weighted by molar-refractivity contribution is 6.04. The number of ether oxygens (including phenoxy) is 2. The van der Waals surface area contributed by atoms with Gasteiger partial charge in [0.25, 0.3) is 0 Å². The van der Waals surface area contributed by atoms with Crippen molar-refractivity contribution in [3.05, 3.63) is 30.1 Å². The fourth-order valence-corrected chi connectivity index (χ4v) is 2.37. The second-order valence-corrected chi connectivity index (χ2v) is 5.18. The predicted molar refractivity (Wildman–Crippen MR) is 95.5 cm³/mol. The summed E-state index contributed by atoms with van der Waals surface area (Å²) in [6, 6.07) is 0. The van der Waals surface area contributed by atoms with Gasteiger partial charge in [0.15, 0.2) is 5.65 Å². The average molecular weight is 355 g/mol. The Morgan fingerprint density at radius 1 is 1.46 bits per heavy atom. The summed E-state index contributed by atoms with van der Waals surface area (Å²) in [7, 11) is 1.68. The topological polar surface area (TPSA) is 92.3 Å². The Morgan fingerprint density at radius 3 is 2.88 bits per heavy atom. The molecule has 0 aromatic carbocycles. The number of methoxy groups -OCH3 is 1. The summed E-state index contributed by atoms with van der Waals surface area (Å²) >= 11 is 0. The molecule has 0 bridgehead atoms. The molecule has 2 aromatic rings. The molecule has 0 fully saturated rings. The van der Waals surface area contributed by atoms with Crippen LogP contribution in [-0.2, 0) is 16.0 Å². The van der Waals surface area contributed by atoms with Gasteiger partial charge in [0.1, 0.15) is 12.2 Å². The van der Waals surface area contributed by atoms with Gasteiger partial charge in [0.05, 0.1) is 23.0 Å². The number of nitrogens with zero attached hydrogens (tertiary/aromatic N) is 3. The lowest BCUT2D eigenvalue weighted by molar-refractivity contribution is 0.0550. The summed E-state index contributed by atoms with van der Waals surface area (Å²) in [4.78, 5) is 16.6. The maximum Gasteiger partial charge on any atom is 0.342 e. The largest absolute Gasteiger partial charge is 0.458 e. The first-order chi connectivity index (χ1) is 11.1. The van der Waals surface area contributed by atoms with E-state index >= 15 is 0 Å². The second-order valence-electron chi connectivity index (χ2n) is 5.18. The molecule has 0 radical (unpaired) electrons. The lowest BCUT2D eigenvalue weighted by Crippen LogP contribution is -2.12. The summed E-state index contributed by atoms with van der Waals surface area (Å²) in [5.74, 6) is -0.498. The maximum atomic E-state index is 12.1. The second kappa shape index (κ2) is 9.24. The fraction of sp³-hybridized carbons (Fsp3) is 0.438. The van der Waals surface area contributed by atoms with Crippen LogP contribution < -0.4 is 5.73 Å². The van der Waals surface area contributed by atoms with Crippen molar-refractivity contribution in [2.75, 3.05) is 26.1 Å². The molecule has 0 amide bonds. The van der Waals surface area contributed by atoms with Crippen LogP contribution in [0, 0.1) is 6.92 Å². The summed E-state index contributed by atoms with van der Waals surface area (Å²) in [6.45, 7) is 6.83. The van der Waals surface area contributed by atoms with E-state index in [0.29, 0.717) is 34.6 Å². The maximum absolute atomic E-state index is 12.1. The zero-order valence-electron chi connectivity index (χ0n) is 13.9. The van der Waals surface area contributed by atoms with E-state index in [1.54, 1.807) is 24.9 Å². The lowest BCUT2D eigenvalue weighted by atomic mass is 10.1. The number of unbranched alkanes of at least 4 members (excludes halogenated alkanes) is 1. The van der Waals surface area contributed by atoms with Crippen molar-refractivity contribution in [1.82, 2.24) is 14.8 Å². The molecular weight excluding hydrogens is 332 g/mol. The van der Waals surface area contributed by atoms with E-state index in [-0.39, 0.29) is 19.0 Å². The van der Waals surface area contributed by atoms with Crippen LogP contribution in [0.25, 0.3) is 11.0 Å². The Bertz CT molecular complexity index is 715. The smallest absolute Gasteiger partial charge is 0.342 e. The summed E-state index contributed by atoms with van der Waals surface area (Å²) in [5.41, 5.74) is 7.99. The molecule has 0 spiro atoms. The Morgan fingerprint density at radius 2 is 2.21 bits per heavy atom. The predicted octanol–water partition coefficient (Wildman–Crippen LogP) is 2.51. The Labute approximate surface area is 147 Å². The third kappa shape index (κ3) is 4.24. The number of rotatable bonds is 8. The highest BCUT2D eigenvalue weighted by atomic mass is 35.5. The van der Waals surface area contributed by atoms with Gasteiger partial charge in [-0.3, -0.25) is 0 Å². The van der Waals surface area contributed by atoms with Gasteiger partial charge in [-0.15, -0.1) is 12.4 Å². The number of carbonyl (C=O) groups excluding carboxylic acids is 1. The van der Waals surface area contributed by atoms with Crippen molar-refractivity contribution in [2.45, 2.75) is 26.3 Å². The standard InChI is InChI=1S/C16H22N4O3.ClH/c1-4-8-23-16(21)13-11(2)19-15-12(14(13)17)10-18-20(15)7-5-6-9-22-3;/h4,10H,1,5-9H2,2-3H3,(H2,17,19);1H. The number of nitrogen functional groups attached to an aromatic ring is 1. The van der Waals surface area contributed by atoms with Gasteiger partial charge < -0.3 is 15.2 Å². The molecule has 0 aliphatic heterocycles. The Hall–Kier alpha value is -2.12. The summed E-state index contributed by atoms with van der Waals surface area (Å²) < 4.78 is 11.9. The molecule has 24 heavy (non-hydrogen) atoms. The number of aryl methyl sites for hydroxylation is 2. The molecule has 0 saturated heterocycles. The average Bonchev–Trinajstić information content (AvgIpc) is 2.92. The van der Waals surface area contributed by atoms with Crippen molar-refractivity contribution in [3.8, 4) is 0 Å². The van der Waals surface area contributed by atoms with Gasteiger partial charge in [-0.2, -0.15) is 5.10 Å². The Kier molecular flexibility index (Phi) is 7.67. The number of carbonyl (C=O) groups is 1. The molecule has 7 nitrogen and oxygen atoms in total. The van der Waals surface area contributed by atoms with Gasteiger partial charge in [-0.05, 0) is 19.8 Å². The number of fused-ring (bicyclic) bond motifs is 1. The molecule has 2 aromatic heterocycles. The van der Waals surface area contributed by atoms with E-state index in [9.17, 15) is 4.79 Å². The van der Waals surface area contributed by atoms with E-state index < -0.39 is 5.97 Å². The van der Waals surface area contributed by atoms with Crippen molar-refractivity contribution in [3.63, 3.8) is 0 Å². The molecule has 2 N–H and O–H groups in total. The number of esters is 1. The summed E-state index contributed by atoms with van der Waals surface area (Å²) in [6.07, 6.45) is 5.01. The van der Waals surface area contributed by atoms with Gasteiger partial charge >= 0.3 is 5.97 Å². The van der Waals surface area contributed by atoms with E-state index in [1.807, 2.05) is 0 Å². The van der Waals surface area contributed by atoms with Crippen molar-refractivity contribution >= 4 is 35.1 Å². The SMILES string of the molecule is C=CCOC(=O)c1c(C)nc2c(cnn2CCCCOC)c1N.Cl. The molecule has 132 valence electrons. The number of hydrogen-bond acceptors (Lipinski definition) is 6. The quantitative estimate of drug-likeness (QED) is 0.445. The zero-order chi connectivity index (χ0) is 16.8. The molecule has 0 unspecified atom stereocenters. The minimum Gasteiger partial charge on any atom is -0.458 e. The van der Waals surface area contributed by atoms with E-state index in [1.165, 1.54) is 6.08 Å². The highest BCUT2D eigenvalue weighted by Crippen LogP contribution is 2.26. The van der Waals surface area contributed by atoms with Gasteiger partial charge in [0, 0.05) is 20.3 Å². The van der Waals surface area contributed by atoms with Crippen LogP contribution in [0.1, 0.15) is 28.9 Å². The normalized spacial score (nSPS) is 10.4. The number of anilines is 1. The molecule has 0 atom stereocenters. The van der Waals surface area contributed by atoms with E-state index in [4.69, 9.17) is 15.2 Å². The highest BCUT2D eigenvalue weighted by Gasteiger charge is 2.20. The van der Waals surface area contributed by atoms with Crippen molar-refractivity contribution in [1.29, 1.82) is 0 Å². The first-order valence-corrected chi connectivity index (χ1v) is 7.48. The van der Waals surface area contributed by atoms with Crippen LogP contribution in [0.2, 0.25) is 0 Å². The molecule has 8 heteroatoms. The van der Waals surface area contributed by atoms with Crippen LogP contribution in [0.5, 0.6) is 0 Å². The van der Waals surface area contributed by atoms with E-state index in [2.05, 4.69) is 16.7 Å². The molecule has 2 heterocycles. The van der Waals surface area contributed by atoms with Gasteiger partial charge in [-0.25, -0.2) is 14.5 Å². The first kappa shape index (κ1) is 19.9. The number of aromatic nitrogens is 3. The molecule has 0 saturated carbocycles. The van der Waals surface area contributed by atoms with Crippen molar-refractivity contribution < 1.29 is 14.3 Å². The number of halogens is 1. The van der Waals surface area contributed by atoms with Gasteiger partial charge in [-0.1, -0.05) is 12.7 Å². The summed E-state index contributed by atoms with van der Waals surface area (Å²) in [5, 5.41) is 4.98. The fourth-order valence-electron chi connectivity index (χ4n) is 2.37. The monoisotopic (exact) mass is 354 g/mol. The van der Waals surface area contributed by atoms with Crippen LogP contribution in [0.4, 0.5) is 5.69 Å².